The minimum absolute atomic E-state index is 0.0639. The van der Waals surface area contributed by atoms with Crippen molar-refractivity contribution in [1.82, 2.24) is 4.98 Å². The molecule has 0 bridgehead atoms. The van der Waals surface area contributed by atoms with Gasteiger partial charge in [-0.15, -0.1) is 11.3 Å². The molecule has 94 valence electrons. The van der Waals surface area contributed by atoms with E-state index >= 15 is 0 Å². The van der Waals surface area contributed by atoms with Crippen molar-refractivity contribution in [2.75, 3.05) is 0 Å². The van der Waals surface area contributed by atoms with Crippen molar-refractivity contribution in [2.45, 2.75) is 26.2 Å². The maximum Gasteiger partial charge on any atom is 0.358 e. The summed E-state index contributed by atoms with van der Waals surface area (Å²) < 4.78 is 5.70. The molecular formula is C13H13NO3S. The summed E-state index contributed by atoms with van der Waals surface area (Å²) in [6.45, 7) is 4.22. The van der Waals surface area contributed by atoms with E-state index in [1.165, 1.54) is 11.3 Å². The van der Waals surface area contributed by atoms with Gasteiger partial charge in [0.15, 0.2) is 5.69 Å². The van der Waals surface area contributed by atoms with Gasteiger partial charge in [-0.25, -0.2) is 9.78 Å². The number of hydrogen-bond acceptors (Lipinski definition) is 4. The van der Waals surface area contributed by atoms with Crippen molar-refractivity contribution in [3.05, 3.63) is 29.0 Å². The fraction of sp³-hybridized carbons (Fsp3) is 0.385. The zero-order chi connectivity index (χ0) is 12.9. The number of thiophene rings is 1. The van der Waals surface area contributed by atoms with Gasteiger partial charge in [0.25, 0.3) is 0 Å². The average Bonchev–Trinajstić information content (AvgIpc) is 2.82. The van der Waals surface area contributed by atoms with Crippen molar-refractivity contribution in [1.29, 1.82) is 0 Å². The van der Waals surface area contributed by atoms with Gasteiger partial charge in [-0.05, 0) is 23.3 Å². The van der Waals surface area contributed by atoms with Crippen LogP contribution in [0.5, 0.6) is 0 Å². The first-order chi connectivity index (χ1) is 8.49. The summed E-state index contributed by atoms with van der Waals surface area (Å²) in [6, 6.07) is 3.77. The van der Waals surface area contributed by atoms with Crippen LogP contribution >= 0.6 is 11.3 Å². The molecule has 1 saturated carbocycles. The van der Waals surface area contributed by atoms with Crippen LogP contribution in [0, 0.1) is 5.41 Å². The van der Waals surface area contributed by atoms with Gasteiger partial charge in [-0.1, -0.05) is 19.9 Å². The summed E-state index contributed by atoms with van der Waals surface area (Å²) in [5.74, 6) is 0.0973. The molecule has 1 unspecified atom stereocenters. The normalized spacial score (nSPS) is 20.9. The van der Waals surface area contributed by atoms with Gasteiger partial charge >= 0.3 is 5.97 Å². The molecular weight excluding hydrogens is 250 g/mol. The SMILES string of the molecule is CC1(C)CC1c1oc(-c2cccs2)nc1C(=O)O. The molecule has 0 amide bonds. The van der Waals surface area contributed by atoms with Gasteiger partial charge in [0.1, 0.15) is 5.76 Å². The second-order valence-electron chi connectivity index (χ2n) is 5.26. The third-order valence-corrected chi connectivity index (χ3v) is 4.28. The van der Waals surface area contributed by atoms with Gasteiger partial charge in [-0.3, -0.25) is 0 Å². The van der Waals surface area contributed by atoms with E-state index in [9.17, 15) is 9.90 Å². The molecule has 1 N–H and O–H groups in total. The zero-order valence-electron chi connectivity index (χ0n) is 10.1. The predicted molar refractivity (Wildman–Crippen MR) is 67.9 cm³/mol. The lowest BCUT2D eigenvalue weighted by atomic mass is 10.1. The smallest absolute Gasteiger partial charge is 0.358 e. The minimum Gasteiger partial charge on any atom is -0.476 e. The molecule has 1 atom stereocenters. The standard InChI is InChI=1S/C13H13NO3S/c1-13(2)6-7(13)10-9(12(15)16)14-11(17-10)8-4-3-5-18-8/h3-5,7H,6H2,1-2H3,(H,15,16). The van der Waals surface area contributed by atoms with Crippen molar-refractivity contribution >= 4 is 17.3 Å². The number of rotatable bonds is 3. The average molecular weight is 263 g/mol. The van der Waals surface area contributed by atoms with Crippen LogP contribution in [0.4, 0.5) is 0 Å². The second kappa shape index (κ2) is 3.68. The Kier molecular flexibility index (Phi) is 2.35. The van der Waals surface area contributed by atoms with E-state index in [0.717, 1.165) is 11.3 Å². The van der Waals surface area contributed by atoms with Gasteiger partial charge in [0.05, 0.1) is 4.88 Å². The lowest BCUT2D eigenvalue weighted by Crippen LogP contribution is -2.02. The Morgan fingerprint density at radius 2 is 2.33 bits per heavy atom. The topological polar surface area (TPSA) is 63.3 Å². The van der Waals surface area contributed by atoms with E-state index in [-0.39, 0.29) is 17.0 Å². The van der Waals surface area contributed by atoms with Gasteiger partial charge in [0, 0.05) is 5.92 Å². The van der Waals surface area contributed by atoms with Crippen LogP contribution in [0.1, 0.15) is 42.4 Å². The molecule has 18 heavy (non-hydrogen) atoms. The summed E-state index contributed by atoms with van der Waals surface area (Å²) in [6.07, 6.45) is 0.951. The lowest BCUT2D eigenvalue weighted by Gasteiger charge is -1.99. The number of hydrogen-bond donors (Lipinski definition) is 1. The Balaban J connectivity index is 2.05. The fourth-order valence-corrected chi connectivity index (χ4v) is 2.79. The molecule has 0 radical (unpaired) electrons. The van der Waals surface area contributed by atoms with Crippen LogP contribution in [0.3, 0.4) is 0 Å². The number of carboxylic acids is 1. The first-order valence-corrected chi connectivity index (χ1v) is 6.65. The van der Waals surface area contributed by atoms with Crippen molar-refractivity contribution < 1.29 is 14.3 Å². The van der Waals surface area contributed by atoms with Crippen molar-refractivity contribution in [2.24, 2.45) is 5.41 Å². The molecule has 0 spiro atoms. The largest absolute Gasteiger partial charge is 0.476 e. The molecule has 1 aliphatic carbocycles. The molecule has 1 fully saturated rings. The highest BCUT2D eigenvalue weighted by molar-refractivity contribution is 7.13. The third kappa shape index (κ3) is 1.75. The number of aromatic nitrogens is 1. The molecule has 4 nitrogen and oxygen atoms in total. The highest BCUT2D eigenvalue weighted by Gasteiger charge is 2.51. The Bertz CT molecular complexity index is 598. The number of carboxylic acid groups (broad SMARTS) is 1. The van der Waals surface area contributed by atoms with E-state index in [1.54, 1.807) is 0 Å². The summed E-state index contributed by atoms with van der Waals surface area (Å²) >= 11 is 1.49. The van der Waals surface area contributed by atoms with Crippen LogP contribution in [-0.2, 0) is 0 Å². The number of oxazole rings is 1. The maximum absolute atomic E-state index is 11.2. The highest BCUT2D eigenvalue weighted by Crippen LogP contribution is 2.59. The monoisotopic (exact) mass is 263 g/mol. The highest BCUT2D eigenvalue weighted by atomic mass is 32.1. The van der Waals surface area contributed by atoms with E-state index in [4.69, 9.17) is 4.42 Å². The molecule has 1 aliphatic rings. The summed E-state index contributed by atoms with van der Waals surface area (Å²) in [5.41, 5.74) is 0.185. The first kappa shape index (κ1) is 11.5. The molecule has 3 rings (SSSR count). The molecule has 0 aliphatic heterocycles. The number of nitrogens with zero attached hydrogens (tertiary/aromatic N) is 1. The molecule has 2 heterocycles. The Hall–Kier alpha value is -1.62. The summed E-state index contributed by atoms with van der Waals surface area (Å²) in [4.78, 5) is 16.2. The van der Waals surface area contributed by atoms with E-state index in [1.807, 2.05) is 17.5 Å². The second-order valence-corrected chi connectivity index (χ2v) is 6.21. The predicted octanol–water partition coefficient (Wildman–Crippen LogP) is 3.61. The molecule has 5 heteroatoms. The van der Waals surface area contributed by atoms with Crippen LogP contribution in [0.15, 0.2) is 21.9 Å². The molecule has 0 saturated heterocycles. The van der Waals surface area contributed by atoms with Crippen LogP contribution in [-0.4, -0.2) is 16.1 Å². The van der Waals surface area contributed by atoms with Gasteiger partial charge in [0.2, 0.25) is 5.89 Å². The zero-order valence-corrected chi connectivity index (χ0v) is 11.0. The number of carbonyl (C=O) groups is 1. The van der Waals surface area contributed by atoms with E-state index in [0.29, 0.717) is 11.7 Å². The van der Waals surface area contributed by atoms with Crippen LogP contribution in [0.25, 0.3) is 10.8 Å². The lowest BCUT2D eigenvalue weighted by molar-refractivity contribution is 0.0688. The summed E-state index contributed by atoms with van der Waals surface area (Å²) in [7, 11) is 0. The minimum atomic E-state index is -1.01. The van der Waals surface area contributed by atoms with Crippen LogP contribution < -0.4 is 0 Å². The van der Waals surface area contributed by atoms with Gasteiger partial charge < -0.3 is 9.52 Å². The molecule has 2 aromatic heterocycles. The third-order valence-electron chi connectivity index (χ3n) is 3.42. The van der Waals surface area contributed by atoms with Crippen molar-refractivity contribution in [3.63, 3.8) is 0 Å². The maximum atomic E-state index is 11.2. The fourth-order valence-electron chi connectivity index (χ4n) is 2.14. The van der Waals surface area contributed by atoms with Gasteiger partial charge in [-0.2, -0.15) is 0 Å². The quantitative estimate of drug-likeness (QED) is 0.918. The Labute approximate surface area is 108 Å². The van der Waals surface area contributed by atoms with E-state index in [2.05, 4.69) is 18.8 Å². The van der Waals surface area contributed by atoms with Crippen LogP contribution in [0.2, 0.25) is 0 Å². The Morgan fingerprint density at radius 3 is 2.83 bits per heavy atom. The van der Waals surface area contributed by atoms with Crippen molar-refractivity contribution in [3.8, 4) is 10.8 Å². The summed E-state index contributed by atoms with van der Waals surface area (Å²) in [5, 5.41) is 11.1. The van der Waals surface area contributed by atoms with E-state index < -0.39 is 5.97 Å². The Morgan fingerprint density at radius 1 is 1.61 bits per heavy atom. The number of aromatic carboxylic acids is 1. The molecule has 2 aromatic rings. The first-order valence-electron chi connectivity index (χ1n) is 5.77. The molecule has 0 aromatic carbocycles.